The number of hydrogen-bond acceptors (Lipinski definition) is 6. The molecule has 0 unspecified atom stereocenters. The van der Waals surface area contributed by atoms with Gasteiger partial charge in [0.25, 0.3) is 5.56 Å². The first-order valence-electron chi connectivity index (χ1n) is 10.7. The molecule has 8 heteroatoms. The fourth-order valence-corrected chi connectivity index (χ4v) is 3.80. The van der Waals surface area contributed by atoms with Crippen molar-refractivity contribution in [2.24, 2.45) is 7.05 Å². The van der Waals surface area contributed by atoms with Gasteiger partial charge in [0.1, 0.15) is 29.0 Å². The average Bonchev–Trinajstić information content (AvgIpc) is 3.11. The quantitative estimate of drug-likeness (QED) is 0.464. The van der Waals surface area contributed by atoms with Crippen molar-refractivity contribution < 1.29 is 13.9 Å². The second-order valence-corrected chi connectivity index (χ2v) is 9.13. The number of hydrogen-bond donors (Lipinski definition) is 1. The molecule has 4 rings (SSSR count). The molecule has 33 heavy (non-hydrogen) atoms. The van der Waals surface area contributed by atoms with E-state index in [-0.39, 0.29) is 11.7 Å². The van der Waals surface area contributed by atoms with Gasteiger partial charge in [0.05, 0.1) is 0 Å². The smallest absolute Gasteiger partial charge is 0.331 e. The number of nitrogens with one attached hydrogen (secondary N) is 1. The zero-order valence-corrected chi connectivity index (χ0v) is 19.3. The van der Waals surface area contributed by atoms with Crippen LogP contribution in [-0.2, 0) is 23.1 Å². The minimum atomic E-state index is -0.716. The van der Waals surface area contributed by atoms with Crippen LogP contribution in [0.15, 0.2) is 62.7 Å². The summed E-state index contributed by atoms with van der Waals surface area (Å²) in [5, 5.41) is 5.19. The summed E-state index contributed by atoms with van der Waals surface area (Å²) in [5.41, 5.74) is 0.876. The number of anilines is 1. The Hall–Kier alpha value is -3.81. The van der Waals surface area contributed by atoms with E-state index in [1.165, 1.54) is 17.8 Å². The number of esters is 1. The number of benzene rings is 2. The minimum absolute atomic E-state index is 0.213. The van der Waals surface area contributed by atoms with Gasteiger partial charge >= 0.3 is 11.7 Å². The number of carbonyl (C=O) groups is 1. The largest absolute Gasteiger partial charge is 0.459 e. The van der Waals surface area contributed by atoms with Crippen LogP contribution in [0.1, 0.15) is 39.3 Å². The van der Waals surface area contributed by atoms with Gasteiger partial charge in [-0.05, 0) is 51.5 Å². The topological polar surface area (TPSA) is 95.5 Å². The van der Waals surface area contributed by atoms with Gasteiger partial charge in [0, 0.05) is 30.1 Å². The molecule has 4 aromatic rings. The summed E-state index contributed by atoms with van der Waals surface area (Å²) in [7, 11) is 1.53. The number of para-hydroxylation sites is 1. The molecule has 0 aliphatic rings. The van der Waals surface area contributed by atoms with Gasteiger partial charge in [-0.3, -0.25) is 9.59 Å². The lowest BCUT2D eigenvalue weighted by Gasteiger charge is -2.20. The highest BCUT2D eigenvalue weighted by atomic mass is 16.6. The highest BCUT2D eigenvalue weighted by Crippen LogP contribution is 2.31. The van der Waals surface area contributed by atoms with Crippen LogP contribution < -0.4 is 16.6 Å². The number of fused-ring (bicyclic) bond motifs is 3. The molecule has 1 N–H and O–H groups in total. The van der Waals surface area contributed by atoms with Gasteiger partial charge in [-0.1, -0.05) is 24.3 Å². The molecule has 2 aromatic carbocycles. The van der Waals surface area contributed by atoms with Crippen molar-refractivity contribution in [3.63, 3.8) is 0 Å². The third kappa shape index (κ3) is 4.55. The van der Waals surface area contributed by atoms with E-state index in [9.17, 15) is 14.4 Å². The maximum Gasteiger partial charge on any atom is 0.331 e. The maximum absolute atomic E-state index is 13.0. The van der Waals surface area contributed by atoms with E-state index in [2.05, 4.69) is 5.32 Å². The summed E-state index contributed by atoms with van der Waals surface area (Å²) < 4.78 is 13.3. The molecule has 0 saturated heterocycles. The molecule has 2 heterocycles. The van der Waals surface area contributed by atoms with Crippen LogP contribution >= 0.6 is 0 Å². The number of furan rings is 1. The first-order valence-corrected chi connectivity index (χ1v) is 10.7. The SMILES string of the molecule is C[C@@H](Nc1cn(C)c(=O)n(CC(=O)OC(C)(C)C)c1=O)c1ccc2oc3ccccc3c2c1. The highest BCUT2D eigenvalue weighted by Gasteiger charge is 2.20. The summed E-state index contributed by atoms with van der Waals surface area (Å²) in [4.78, 5) is 37.8. The lowest BCUT2D eigenvalue weighted by atomic mass is 10.0. The zero-order chi connectivity index (χ0) is 23.9. The van der Waals surface area contributed by atoms with E-state index < -0.39 is 29.4 Å². The molecule has 0 spiro atoms. The van der Waals surface area contributed by atoms with Crippen LogP contribution in [-0.4, -0.2) is 20.7 Å². The van der Waals surface area contributed by atoms with E-state index in [4.69, 9.17) is 9.15 Å². The Morgan fingerprint density at radius 3 is 2.52 bits per heavy atom. The summed E-state index contributed by atoms with van der Waals surface area (Å²) in [6, 6.07) is 13.4. The zero-order valence-electron chi connectivity index (χ0n) is 19.3. The van der Waals surface area contributed by atoms with Gasteiger partial charge in [0.2, 0.25) is 0 Å². The van der Waals surface area contributed by atoms with Crippen LogP contribution in [0, 0.1) is 0 Å². The Labute approximate surface area is 190 Å². The predicted molar refractivity (Wildman–Crippen MR) is 128 cm³/mol. The van der Waals surface area contributed by atoms with Gasteiger partial charge in [-0.2, -0.15) is 0 Å². The molecule has 0 aliphatic heterocycles. The van der Waals surface area contributed by atoms with E-state index in [0.29, 0.717) is 0 Å². The Bertz CT molecular complexity index is 1470. The predicted octanol–water partition coefficient (Wildman–Crippen LogP) is 3.96. The van der Waals surface area contributed by atoms with Crippen molar-refractivity contribution in [3.05, 3.63) is 75.1 Å². The van der Waals surface area contributed by atoms with Gasteiger partial charge in [-0.15, -0.1) is 0 Å². The highest BCUT2D eigenvalue weighted by molar-refractivity contribution is 6.05. The van der Waals surface area contributed by atoms with Gasteiger partial charge in [0.15, 0.2) is 0 Å². The number of carbonyl (C=O) groups excluding carboxylic acids is 1. The van der Waals surface area contributed by atoms with E-state index >= 15 is 0 Å². The Kier molecular flexibility index (Phi) is 5.61. The van der Waals surface area contributed by atoms with Crippen molar-refractivity contribution in [1.82, 2.24) is 9.13 Å². The molecule has 0 bridgehead atoms. The standard InChI is InChI=1S/C25H27N3O5/c1-15(16-10-11-21-18(12-16)17-8-6-7-9-20(17)32-21)26-19-13-27(5)24(31)28(23(19)30)14-22(29)33-25(2,3)4/h6-13,15,26H,14H2,1-5H3/t15-/m1/s1. The van der Waals surface area contributed by atoms with Gasteiger partial charge < -0.3 is 19.0 Å². The number of ether oxygens (including phenoxy) is 1. The summed E-state index contributed by atoms with van der Waals surface area (Å²) >= 11 is 0. The monoisotopic (exact) mass is 449 g/mol. The third-order valence-corrected chi connectivity index (χ3v) is 5.31. The van der Waals surface area contributed by atoms with Gasteiger partial charge in [-0.25, -0.2) is 9.36 Å². The second-order valence-electron chi connectivity index (χ2n) is 9.13. The Morgan fingerprint density at radius 1 is 1.09 bits per heavy atom. The molecule has 172 valence electrons. The van der Waals surface area contributed by atoms with E-state index in [1.807, 2.05) is 49.4 Å². The molecule has 2 aromatic heterocycles. The van der Waals surface area contributed by atoms with E-state index in [1.54, 1.807) is 20.8 Å². The lowest BCUT2D eigenvalue weighted by Crippen LogP contribution is -2.42. The third-order valence-electron chi connectivity index (χ3n) is 5.31. The molecular formula is C25H27N3O5. The fourth-order valence-electron chi connectivity index (χ4n) is 3.80. The minimum Gasteiger partial charge on any atom is -0.459 e. The number of nitrogens with zero attached hydrogens (tertiary/aromatic N) is 2. The van der Waals surface area contributed by atoms with Crippen LogP contribution in [0.25, 0.3) is 21.9 Å². The number of aryl methyl sites for hydroxylation is 1. The number of aromatic nitrogens is 2. The van der Waals surface area contributed by atoms with Crippen LogP contribution in [0.5, 0.6) is 0 Å². The molecule has 0 aliphatic carbocycles. The van der Waals surface area contributed by atoms with Crippen molar-refractivity contribution >= 4 is 33.6 Å². The fraction of sp³-hybridized carbons (Fsp3) is 0.320. The molecular weight excluding hydrogens is 422 g/mol. The van der Waals surface area contributed by atoms with Crippen molar-refractivity contribution in [3.8, 4) is 0 Å². The molecule has 0 fully saturated rings. The van der Waals surface area contributed by atoms with Crippen molar-refractivity contribution in [2.75, 3.05) is 5.32 Å². The normalized spacial score (nSPS) is 12.8. The average molecular weight is 450 g/mol. The van der Waals surface area contributed by atoms with E-state index in [0.717, 1.165) is 32.1 Å². The van der Waals surface area contributed by atoms with Crippen molar-refractivity contribution in [1.29, 1.82) is 0 Å². The first kappa shape index (κ1) is 22.4. The molecule has 8 nitrogen and oxygen atoms in total. The Balaban J connectivity index is 1.65. The summed E-state index contributed by atoms with van der Waals surface area (Å²) in [6.45, 7) is 6.65. The van der Waals surface area contributed by atoms with Crippen LogP contribution in [0.4, 0.5) is 5.69 Å². The number of rotatable bonds is 5. The maximum atomic E-state index is 13.0. The summed E-state index contributed by atoms with van der Waals surface area (Å²) in [6.07, 6.45) is 1.44. The summed E-state index contributed by atoms with van der Waals surface area (Å²) in [5.74, 6) is -0.649. The molecule has 0 saturated carbocycles. The molecule has 1 atom stereocenters. The molecule has 0 amide bonds. The second kappa shape index (κ2) is 8.27. The first-order chi connectivity index (χ1) is 15.5. The molecule has 0 radical (unpaired) electrons. The van der Waals surface area contributed by atoms with Crippen LogP contribution in [0.3, 0.4) is 0 Å². The van der Waals surface area contributed by atoms with Crippen molar-refractivity contribution in [2.45, 2.75) is 45.9 Å². The Morgan fingerprint density at radius 2 is 1.79 bits per heavy atom. The lowest BCUT2D eigenvalue weighted by molar-refractivity contribution is -0.155. The van der Waals surface area contributed by atoms with Crippen LogP contribution in [0.2, 0.25) is 0 Å².